The molecule has 1 aromatic carbocycles. The van der Waals surface area contributed by atoms with Crippen molar-refractivity contribution in [2.45, 2.75) is 96.8 Å². The molecule has 184 valence electrons. The fraction of sp³-hybridized carbons (Fsp3) is 0.654. The highest BCUT2D eigenvalue weighted by molar-refractivity contribution is 6.19. The summed E-state index contributed by atoms with van der Waals surface area (Å²) in [7, 11) is 0. The number of hydrogen-bond acceptors (Lipinski definition) is 5. The Balaban J connectivity index is 1.99. The van der Waals surface area contributed by atoms with E-state index in [4.69, 9.17) is 9.47 Å². The summed E-state index contributed by atoms with van der Waals surface area (Å²) in [5.41, 5.74) is 0.420. The molecule has 1 aliphatic rings. The summed E-state index contributed by atoms with van der Waals surface area (Å²) in [5, 5.41) is 4.34. The van der Waals surface area contributed by atoms with Crippen molar-refractivity contribution < 1.29 is 23.9 Å². The quantitative estimate of drug-likeness (QED) is 0.233. The van der Waals surface area contributed by atoms with E-state index in [1.54, 1.807) is 18.2 Å². The number of carbonyl (C=O) groups is 3. The number of unbranched alkanes of at least 4 members (excludes halogenated alkanes) is 10. The van der Waals surface area contributed by atoms with Gasteiger partial charge in [0.05, 0.1) is 13.2 Å². The second-order valence-electron chi connectivity index (χ2n) is 8.67. The first-order chi connectivity index (χ1) is 16.1. The van der Waals surface area contributed by atoms with Crippen molar-refractivity contribution in [2.75, 3.05) is 13.2 Å². The van der Waals surface area contributed by atoms with E-state index in [1.165, 1.54) is 51.4 Å². The molecule has 1 heterocycles. The van der Waals surface area contributed by atoms with Crippen molar-refractivity contribution in [2.24, 2.45) is 0 Å². The largest absolute Gasteiger partial charge is 0.494 e. The first kappa shape index (κ1) is 26.7. The van der Waals surface area contributed by atoms with Gasteiger partial charge in [-0.2, -0.15) is 0 Å². The number of carbonyl (C=O) groups excluding carboxylic acids is 3. The molecule has 1 fully saturated rings. The Morgan fingerprint density at radius 2 is 1.21 bits per heavy atom. The van der Waals surface area contributed by atoms with Gasteiger partial charge in [-0.3, -0.25) is 20.2 Å². The number of urea groups is 1. The van der Waals surface area contributed by atoms with E-state index < -0.39 is 23.8 Å². The van der Waals surface area contributed by atoms with Gasteiger partial charge in [-0.1, -0.05) is 78.1 Å². The van der Waals surface area contributed by atoms with Gasteiger partial charge in [0.15, 0.2) is 0 Å². The summed E-state index contributed by atoms with van der Waals surface area (Å²) in [5.74, 6) is -1.40. The third-order valence-corrected chi connectivity index (χ3v) is 5.81. The second kappa shape index (κ2) is 15.3. The third kappa shape index (κ3) is 9.44. The maximum atomic E-state index is 12.5. The number of benzene rings is 1. The van der Waals surface area contributed by atoms with Gasteiger partial charge < -0.3 is 9.47 Å². The van der Waals surface area contributed by atoms with E-state index in [2.05, 4.69) is 24.5 Å². The Kier molecular flexibility index (Phi) is 12.4. The molecule has 33 heavy (non-hydrogen) atoms. The fourth-order valence-corrected chi connectivity index (χ4v) is 3.91. The van der Waals surface area contributed by atoms with Crippen molar-refractivity contribution in [1.29, 1.82) is 0 Å². The molecule has 2 rings (SSSR count). The van der Waals surface area contributed by atoms with Gasteiger partial charge in [-0.25, -0.2) is 4.79 Å². The second-order valence-corrected chi connectivity index (χ2v) is 8.67. The number of ether oxygens (including phenoxy) is 2. The van der Waals surface area contributed by atoms with E-state index in [9.17, 15) is 14.4 Å². The molecule has 7 heteroatoms. The van der Waals surface area contributed by atoms with Gasteiger partial charge in [0, 0.05) is 5.56 Å². The number of nitrogens with one attached hydrogen (secondary N) is 2. The maximum Gasteiger partial charge on any atom is 0.328 e. The minimum atomic E-state index is -1.15. The normalized spacial score (nSPS) is 14.2. The average Bonchev–Trinajstić information content (AvgIpc) is 2.78. The van der Waals surface area contributed by atoms with E-state index in [0.29, 0.717) is 30.3 Å². The molecule has 0 atom stereocenters. The Morgan fingerprint density at radius 3 is 1.79 bits per heavy atom. The summed E-state index contributed by atoms with van der Waals surface area (Å²) in [4.78, 5) is 36.4. The average molecular weight is 461 g/mol. The summed E-state index contributed by atoms with van der Waals surface area (Å²) in [6, 6.07) is 4.44. The van der Waals surface area contributed by atoms with Crippen LogP contribution in [0.1, 0.15) is 102 Å². The highest BCUT2D eigenvalue weighted by atomic mass is 16.5. The van der Waals surface area contributed by atoms with Crippen LogP contribution < -0.4 is 20.1 Å². The monoisotopic (exact) mass is 460 g/mol. The first-order valence-electron chi connectivity index (χ1n) is 12.6. The molecule has 1 aliphatic heterocycles. The van der Waals surface area contributed by atoms with Gasteiger partial charge in [0.25, 0.3) is 0 Å². The van der Waals surface area contributed by atoms with Crippen LogP contribution in [-0.4, -0.2) is 31.1 Å². The summed E-state index contributed by atoms with van der Waals surface area (Å²) in [6.07, 6.45) is 13.8. The van der Waals surface area contributed by atoms with Crippen LogP contribution >= 0.6 is 0 Å². The highest BCUT2D eigenvalue weighted by Crippen LogP contribution is 2.32. The van der Waals surface area contributed by atoms with Gasteiger partial charge in [-0.15, -0.1) is 0 Å². The van der Waals surface area contributed by atoms with E-state index in [-0.39, 0.29) is 0 Å². The lowest BCUT2D eigenvalue weighted by atomic mass is 9.94. The number of imide groups is 2. The van der Waals surface area contributed by atoms with Gasteiger partial charge >= 0.3 is 6.03 Å². The zero-order chi connectivity index (χ0) is 23.9. The molecule has 0 radical (unpaired) electrons. The first-order valence-corrected chi connectivity index (χ1v) is 12.6. The third-order valence-electron chi connectivity index (χ3n) is 5.81. The van der Waals surface area contributed by atoms with Crippen LogP contribution in [0, 0.1) is 0 Å². The molecule has 4 amide bonds. The maximum absolute atomic E-state index is 12.5. The molecule has 2 N–H and O–H groups in total. The number of rotatable bonds is 17. The Hall–Kier alpha value is -2.57. The molecular weight excluding hydrogens is 420 g/mol. The predicted molar refractivity (Wildman–Crippen MR) is 129 cm³/mol. The zero-order valence-electron chi connectivity index (χ0n) is 20.3. The van der Waals surface area contributed by atoms with Crippen molar-refractivity contribution in [3.05, 3.63) is 23.8 Å². The van der Waals surface area contributed by atoms with Crippen molar-refractivity contribution in [3.63, 3.8) is 0 Å². The van der Waals surface area contributed by atoms with Crippen molar-refractivity contribution in [1.82, 2.24) is 10.6 Å². The predicted octanol–water partition coefficient (Wildman–Crippen LogP) is 5.61. The van der Waals surface area contributed by atoms with Crippen LogP contribution in [0.25, 0.3) is 0 Å². The molecule has 0 aromatic heterocycles. The zero-order valence-corrected chi connectivity index (χ0v) is 20.3. The fourth-order valence-electron chi connectivity index (χ4n) is 3.91. The molecule has 0 bridgehead atoms. The van der Waals surface area contributed by atoms with Crippen molar-refractivity contribution >= 4 is 17.8 Å². The van der Waals surface area contributed by atoms with Gasteiger partial charge in [0.1, 0.15) is 17.4 Å². The summed E-state index contributed by atoms with van der Waals surface area (Å²) < 4.78 is 11.8. The number of barbiturate groups is 1. The lowest BCUT2D eigenvalue weighted by Crippen LogP contribution is -2.54. The van der Waals surface area contributed by atoms with Crippen LogP contribution in [0.2, 0.25) is 0 Å². The number of hydrogen-bond donors (Lipinski definition) is 2. The lowest BCUT2D eigenvalue weighted by molar-refractivity contribution is -0.132. The number of amides is 4. The molecular formula is C26H40N2O5. The molecule has 7 nitrogen and oxygen atoms in total. The standard InChI is InChI=1S/C26H40N2O5/c1-3-5-7-9-11-13-17-32-20-15-16-22(33-18-14-12-10-8-6-4-2)21(19-20)23-24(29)27-26(31)28-25(23)30/h15-16,19,23H,3-14,17-18H2,1-2H3,(H2,27,28,29,30,31). The van der Waals surface area contributed by atoms with Crippen molar-refractivity contribution in [3.8, 4) is 11.5 Å². The topological polar surface area (TPSA) is 93.7 Å². The van der Waals surface area contributed by atoms with Gasteiger partial charge in [-0.05, 0) is 31.0 Å². The van der Waals surface area contributed by atoms with Crippen LogP contribution in [-0.2, 0) is 9.59 Å². The molecule has 0 aliphatic carbocycles. The summed E-state index contributed by atoms with van der Waals surface area (Å²) >= 11 is 0. The van der Waals surface area contributed by atoms with Gasteiger partial charge in [0.2, 0.25) is 11.8 Å². The van der Waals surface area contributed by atoms with E-state index >= 15 is 0 Å². The molecule has 1 saturated heterocycles. The molecule has 0 saturated carbocycles. The van der Waals surface area contributed by atoms with Crippen LogP contribution in [0.4, 0.5) is 4.79 Å². The van der Waals surface area contributed by atoms with Crippen LogP contribution in [0.5, 0.6) is 11.5 Å². The lowest BCUT2D eigenvalue weighted by Gasteiger charge is -2.23. The minimum absolute atomic E-state index is 0.420. The Labute approximate surface area is 198 Å². The highest BCUT2D eigenvalue weighted by Gasteiger charge is 2.37. The Bertz CT molecular complexity index is 745. The molecule has 1 aromatic rings. The Morgan fingerprint density at radius 1 is 0.697 bits per heavy atom. The molecule has 0 spiro atoms. The minimum Gasteiger partial charge on any atom is -0.494 e. The molecule has 0 unspecified atom stereocenters. The smallest absolute Gasteiger partial charge is 0.328 e. The SMILES string of the molecule is CCCCCCCCOc1ccc(OCCCCCCCC)c(C2C(=O)NC(=O)NC2=O)c1. The van der Waals surface area contributed by atoms with Crippen LogP contribution in [0.3, 0.4) is 0 Å². The summed E-state index contributed by atoms with van der Waals surface area (Å²) in [6.45, 7) is 5.47. The van der Waals surface area contributed by atoms with Crippen LogP contribution in [0.15, 0.2) is 18.2 Å². The van der Waals surface area contributed by atoms with E-state index in [1.807, 2.05) is 0 Å². The van der Waals surface area contributed by atoms with E-state index in [0.717, 1.165) is 25.7 Å².